The predicted octanol–water partition coefficient (Wildman–Crippen LogP) is 0.961. The van der Waals surface area contributed by atoms with Crippen LogP contribution in [-0.4, -0.2) is 55.0 Å². The first-order valence-corrected chi connectivity index (χ1v) is 8.23. The zero-order chi connectivity index (χ0) is 18.6. The molecule has 0 saturated carbocycles. The Hall–Kier alpha value is -2.57. The van der Waals surface area contributed by atoms with Crippen LogP contribution in [0.4, 0.5) is 0 Å². The van der Waals surface area contributed by atoms with E-state index in [1.165, 1.54) is 12.0 Å². The van der Waals surface area contributed by atoms with Crippen molar-refractivity contribution in [3.63, 3.8) is 0 Å². The highest BCUT2D eigenvalue weighted by Gasteiger charge is 2.37. The monoisotopic (exact) mass is 348 g/mol. The first-order valence-electron chi connectivity index (χ1n) is 8.23. The van der Waals surface area contributed by atoms with Crippen molar-refractivity contribution in [2.45, 2.75) is 39.3 Å². The Labute approximate surface area is 147 Å². The smallest absolute Gasteiger partial charge is 0.308 e. The summed E-state index contributed by atoms with van der Waals surface area (Å²) >= 11 is 0. The Morgan fingerprint density at radius 2 is 2.08 bits per heavy atom. The van der Waals surface area contributed by atoms with E-state index in [-0.39, 0.29) is 18.2 Å². The molecule has 1 aromatic rings. The van der Waals surface area contributed by atoms with E-state index >= 15 is 0 Å². The molecule has 1 saturated heterocycles. The molecule has 0 aliphatic carbocycles. The number of hydrogen-bond donors (Lipinski definition) is 1. The molecule has 0 spiro atoms. The second-order valence-electron chi connectivity index (χ2n) is 6.08. The van der Waals surface area contributed by atoms with Gasteiger partial charge >= 0.3 is 5.97 Å². The number of ether oxygens (including phenoxy) is 2. The Morgan fingerprint density at radius 3 is 2.76 bits per heavy atom. The summed E-state index contributed by atoms with van der Waals surface area (Å²) in [5.74, 6) is -0.594. The quantitative estimate of drug-likeness (QED) is 0.801. The molecule has 1 aliphatic heterocycles. The molecule has 2 amide bonds. The summed E-state index contributed by atoms with van der Waals surface area (Å²) < 4.78 is 10.4. The first-order chi connectivity index (χ1) is 11.8. The van der Waals surface area contributed by atoms with Crippen LogP contribution in [0.25, 0.3) is 0 Å². The second-order valence-corrected chi connectivity index (χ2v) is 6.08. The highest BCUT2D eigenvalue weighted by atomic mass is 16.5. The third-order valence-electron chi connectivity index (χ3n) is 4.41. The Kier molecular flexibility index (Phi) is 6.01. The number of nitrogens with zero attached hydrogens (tertiary/aromatic N) is 1. The Bertz CT molecular complexity index is 673. The van der Waals surface area contributed by atoms with Gasteiger partial charge in [0.1, 0.15) is 11.8 Å². The predicted molar refractivity (Wildman–Crippen MR) is 91.1 cm³/mol. The summed E-state index contributed by atoms with van der Waals surface area (Å²) in [6.45, 7) is 6.21. The maximum absolute atomic E-state index is 12.8. The first kappa shape index (κ1) is 18.8. The molecule has 0 bridgehead atoms. The van der Waals surface area contributed by atoms with E-state index in [4.69, 9.17) is 4.74 Å². The number of piperazine rings is 1. The molecule has 25 heavy (non-hydrogen) atoms. The van der Waals surface area contributed by atoms with E-state index < -0.39 is 18.1 Å². The minimum atomic E-state index is -0.877. The van der Waals surface area contributed by atoms with Gasteiger partial charge in [-0.15, -0.1) is 0 Å². The van der Waals surface area contributed by atoms with Gasteiger partial charge in [-0.3, -0.25) is 14.4 Å². The molecule has 136 valence electrons. The summed E-state index contributed by atoms with van der Waals surface area (Å²) in [7, 11) is 1.25. The second kappa shape index (κ2) is 8.00. The summed E-state index contributed by atoms with van der Waals surface area (Å²) in [5, 5.41) is 2.67. The molecule has 0 radical (unpaired) electrons. The highest BCUT2D eigenvalue weighted by Crippen LogP contribution is 2.23. The fourth-order valence-electron chi connectivity index (χ4n) is 2.75. The van der Waals surface area contributed by atoms with Crippen LogP contribution < -0.4 is 10.1 Å². The van der Waals surface area contributed by atoms with Crippen molar-refractivity contribution < 1.29 is 23.9 Å². The number of benzene rings is 1. The van der Waals surface area contributed by atoms with Gasteiger partial charge in [-0.1, -0.05) is 12.1 Å². The zero-order valence-corrected chi connectivity index (χ0v) is 15.0. The lowest BCUT2D eigenvalue weighted by atomic mass is 10.1. The maximum Gasteiger partial charge on any atom is 0.308 e. The maximum atomic E-state index is 12.8. The Morgan fingerprint density at radius 1 is 1.36 bits per heavy atom. The van der Waals surface area contributed by atoms with Gasteiger partial charge in [0.15, 0.2) is 6.10 Å². The standard InChI is InChI=1S/C18H24N2O5/c1-11-6-5-7-15(12(11)2)25-13(3)18(23)20-9-8-19-17(22)14(20)10-16(21)24-4/h5-7,13-14H,8-10H2,1-4H3,(H,19,22)/t13-,14+/m0/s1. The molecular formula is C18H24N2O5. The molecule has 0 aromatic heterocycles. The molecule has 2 rings (SSSR count). The van der Waals surface area contributed by atoms with Crippen LogP contribution in [0.15, 0.2) is 18.2 Å². The summed E-state index contributed by atoms with van der Waals surface area (Å²) in [4.78, 5) is 37.8. The Balaban J connectivity index is 2.14. The van der Waals surface area contributed by atoms with Crippen molar-refractivity contribution in [3.8, 4) is 5.75 Å². The SMILES string of the molecule is COC(=O)C[C@@H]1C(=O)NCCN1C(=O)[C@H](C)Oc1cccc(C)c1C. The molecule has 7 nitrogen and oxygen atoms in total. The average molecular weight is 348 g/mol. The van der Waals surface area contributed by atoms with Crippen molar-refractivity contribution in [2.75, 3.05) is 20.2 Å². The lowest BCUT2D eigenvalue weighted by Crippen LogP contribution is -2.60. The van der Waals surface area contributed by atoms with Gasteiger partial charge < -0.3 is 19.7 Å². The largest absolute Gasteiger partial charge is 0.481 e. The van der Waals surface area contributed by atoms with Gasteiger partial charge in [-0.25, -0.2) is 0 Å². The normalized spacial score (nSPS) is 18.3. The summed E-state index contributed by atoms with van der Waals surface area (Å²) in [5.41, 5.74) is 2.03. The van der Waals surface area contributed by atoms with Gasteiger partial charge in [0.25, 0.3) is 5.91 Å². The van der Waals surface area contributed by atoms with Gasteiger partial charge in [-0.2, -0.15) is 0 Å². The number of nitrogens with one attached hydrogen (secondary N) is 1. The average Bonchev–Trinajstić information content (AvgIpc) is 2.59. The van der Waals surface area contributed by atoms with Gasteiger partial charge in [-0.05, 0) is 38.0 Å². The number of carbonyl (C=O) groups is 3. The van der Waals surface area contributed by atoms with Crippen LogP contribution in [-0.2, 0) is 19.1 Å². The van der Waals surface area contributed by atoms with E-state index in [1.54, 1.807) is 13.0 Å². The number of rotatable bonds is 5. The summed E-state index contributed by atoms with van der Waals surface area (Å²) in [6.07, 6.45) is -0.948. The van der Waals surface area contributed by atoms with Crippen molar-refractivity contribution in [2.24, 2.45) is 0 Å². The molecule has 1 aliphatic rings. The van der Waals surface area contributed by atoms with E-state index in [0.717, 1.165) is 11.1 Å². The van der Waals surface area contributed by atoms with Crippen molar-refractivity contribution in [1.29, 1.82) is 0 Å². The van der Waals surface area contributed by atoms with E-state index in [9.17, 15) is 14.4 Å². The van der Waals surface area contributed by atoms with Crippen LogP contribution in [0.3, 0.4) is 0 Å². The molecule has 1 N–H and O–H groups in total. The number of hydrogen-bond acceptors (Lipinski definition) is 5. The topological polar surface area (TPSA) is 84.9 Å². The van der Waals surface area contributed by atoms with Crippen molar-refractivity contribution in [3.05, 3.63) is 29.3 Å². The molecular weight excluding hydrogens is 324 g/mol. The summed E-state index contributed by atoms with van der Waals surface area (Å²) in [6, 6.07) is 4.76. The fourth-order valence-corrected chi connectivity index (χ4v) is 2.75. The number of amides is 2. The van der Waals surface area contributed by atoms with Gasteiger partial charge in [0.05, 0.1) is 13.5 Å². The lowest BCUT2D eigenvalue weighted by molar-refractivity contribution is -0.153. The van der Waals surface area contributed by atoms with Crippen LogP contribution in [0.1, 0.15) is 24.5 Å². The number of carbonyl (C=O) groups excluding carboxylic acids is 3. The fraction of sp³-hybridized carbons (Fsp3) is 0.500. The van der Waals surface area contributed by atoms with Crippen LogP contribution in [0, 0.1) is 13.8 Å². The van der Waals surface area contributed by atoms with Crippen LogP contribution >= 0.6 is 0 Å². The van der Waals surface area contributed by atoms with E-state index in [0.29, 0.717) is 18.8 Å². The van der Waals surface area contributed by atoms with Gasteiger partial charge in [0.2, 0.25) is 5.91 Å². The van der Waals surface area contributed by atoms with E-state index in [1.807, 2.05) is 26.0 Å². The third-order valence-corrected chi connectivity index (χ3v) is 4.41. The molecule has 1 fully saturated rings. The van der Waals surface area contributed by atoms with Crippen molar-refractivity contribution >= 4 is 17.8 Å². The van der Waals surface area contributed by atoms with Gasteiger partial charge in [0, 0.05) is 13.1 Å². The van der Waals surface area contributed by atoms with Crippen LogP contribution in [0.5, 0.6) is 5.75 Å². The minimum absolute atomic E-state index is 0.176. The molecule has 1 heterocycles. The molecule has 1 aromatic carbocycles. The molecule has 0 unspecified atom stereocenters. The molecule has 2 atom stereocenters. The number of methoxy groups -OCH3 is 1. The zero-order valence-electron chi connectivity index (χ0n) is 15.0. The number of esters is 1. The van der Waals surface area contributed by atoms with Crippen molar-refractivity contribution in [1.82, 2.24) is 10.2 Å². The van der Waals surface area contributed by atoms with E-state index in [2.05, 4.69) is 10.1 Å². The number of aryl methyl sites for hydroxylation is 1. The minimum Gasteiger partial charge on any atom is -0.481 e. The highest BCUT2D eigenvalue weighted by molar-refractivity contribution is 5.93. The van der Waals surface area contributed by atoms with Crippen LogP contribution in [0.2, 0.25) is 0 Å². The lowest BCUT2D eigenvalue weighted by Gasteiger charge is -2.36. The molecule has 7 heteroatoms. The third kappa shape index (κ3) is 4.29.